The Balaban J connectivity index is 1.85. The van der Waals surface area contributed by atoms with Crippen molar-refractivity contribution in [2.45, 2.75) is 19.5 Å². The van der Waals surface area contributed by atoms with E-state index in [0.29, 0.717) is 6.04 Å². The molecule has 0 amide bonds. The van der Waals surface area contributed by atoms with E-state index in [0.717, 1.165) is 43.2 Å². The molecule has 0 aliphatic carbocycles. The van der Waals surface area contributed by atoms with Gasteiger partial charge in [0.15, 0.2) is 4.67 Å². The zero-order valence-corrected chi connectivity index (χ0v) is 11.7. The van der Waals surface area contributed by atoms with Gasteiger partial charge in [-0.25, -0.2) is 0 Å². The molecule has 1 saturated heterocycles. The zero-order valence-electron chi connectivity index (χ0n) is 10.1. The summed E-state index contributed by atoms with van der Waals surface area (Å²) in [6, 6.07) is 4.43. The number of hydrogen-bond donors (Lipinski definition) is 1. The van der Waals surface area contributed by atoms with Crippen LogP contribution in [0.3, 0.4) is 0 Å². The van der Waals surface area contributed by atoms with Crippen LogP contribution in [0, 0.1) is 0 Å². The molecule has 0 radical (unpaired) electrons. The van der Waals surface area contributed by atoms with E-state index in [9.17, 15) is 0 Å². The van der Waals surface area contributed by atoms with Gasteiger partial charge in [-0.15, -0.1) is 0 Å². The molecule has 1 aliphatic rings. The highest BCUT2D eigenvalue weighted by atomic mass is 79.9. The Morgan fingerprint density at radius 3 is 2.88 bits per heavy atom. The second-order valence-corrected chi connectivity index (χ2v) is 5.33. The average molecular weight is 303 g/mol. The van der Waals surface area contributed by atoms with Crippen LogP contribution in [0.5, 0.6) is 0 Å². The molecular weight excluding hydrogens is 284 g/mol. The maximum absolute atomic E-state index is 8.96. The van der Waals surface area contributed by atoms with Gasteiger partial charge < -0.3 is 9.52 Å². The van der Waals surface area contributed by atoms with Crippen LogP contribution in [0.1, 0.15) is 12.7 Å². The first-order valence-corrected chi connectivity index (χ1v) is 6.80. The van der Waals surface area contributed by atoms with E-state index in [2.05, 4.69) is 32.7 Å². The second kappa shape index (κ2) is 6.00. The first kappa shape index (κ1) is 13.1. The summed E-state index contributed by atoms with van der Waals surface area (Å²) in [6.07, 6.45) is 0. The Kier molecular flexibility index (Phi) is 4.62. The summed E-state index contributed by atoms with van der Waals surface area (Å²) < 4.78 is 6.31. The molecule has 2 rings (SSSR count). The van der Waals surface area contributed by atoms with Crippen molar-refractivity contribution in [3.05, 3.63) is 22.6 Å². The number of hydrogen-bond acceptors (Lipinski definition) is 4. The number of aliphatic hydroxyl groups is 1. The van der Waals surface area contributed by atoms with Crippen LogP contribution in [-0.4, -0.2) is 53.7 Å². The molecule has 0 unspecified atom stereocenters. The Bertz CT molecular complexity index is 356. The molecule has 1 aromatic rings. The summed E-state index contributed by atoms with van der Waals surface area (Å²) in [5.41, 5.74) is 0. The minimum absolute atomic E-state index is 0.246. The molecule has 1 aliphatic heterocycles. The summed E-state index contributed by atoms with van der Waals surface area (Å²) in [4.78, 5) is 4.72. The highest BCUT2D eigenvalue weighted by Crippen LogP contribution is 2.17. The molecule has 2 heterocycles. The number of aliphatic hydroxyl groups excluding tert-OH is 1. The van der Waals surface area contributed by atoms with Crippen molar-refractivity contribution in [1.29, 1.82) is 0 Å². The van der Waals surface area contributed by atoms with Gasteiger partial charge in [0.1, 0.15) is 5.76 Å². The highest BCUT2D eigenvalue weighted by molar-refractivity contribution is 9.10. The predicted octanol–water partition coefficient (Wildman–Crippen LogP) is 1.54. The lowest BCUT2D eigenvalue weighted by Gasteiger charge is -2.39. The molecule has 0 spiro atoms. The van der Waals surface area contributed by atoms with E-state index in [1.165, 1.54) is 0 Å². The number of rotatable bonds is 4. The van der Waals surface area contributed by atoms with Crippen LogP contribution in [0.15, 0.2) is 21.2 Å². The van der Waals surface area contributed by atoms with Gasteiger partial charge in [-0.2, -0.15) is 0 Å². The van der Waals surface area contributed by atoms with Crippen molar-refractivity contribution in [2.75, 3.05) is 32.8 Å². The quantitative estimate of drug-likeness (QED) is 0.916. The number of piperazine rings is 1. The Morgan fingerprint density at radius 1 is 1.47 bits per heavy atom. The summed E-state index contributed by atoms with van der Waals surface area (Å²) in [6.45, 7) is 7.17. The van der Waals surface area contributed by atoms with Crippen molar-refractivity contribution < 1.29 is 9.52 Å². The topological polar surface area (TPSA) is 39.9 Å². The van der Waals surface area contributed by atoms with Crippen LogP contribution in [0.2, 0.25) is 0 Å². The maximum Gasteiger partial charge on any atom is 0.169 e. The largest absolute Gasteiger partial charge is 0.453 e. The average Bonchev–Trinajstić information content (AvgIpc) is 2.68. The van der Waals surface area contributed by atoms with E-state index >= 15 is 0 Å². The SMILES string of the molecule is C[C@H]1CN(Cc2ccc(Br)o2)CCN1CCO. The molecular formula is C12H19BrN2O2. The van der Waals surface area contributed by atoms with Gasteiger partial charge >= 0.3 is 0 Å². The molecule has 0 bridgehead atoms. The molecule has 17 heavy (non-hydrogen) atoms. The van der Waals surface area contributed by atoms with Crippen LogP contribution in [-0.2, 0) is 6.54 Å². The van der Waals surface area contributed by atoms with Crippen molar-refractivity contribution >= 4 is 15.9 Å². The first-order chi connectivity index (χ1) is 8.19. The second-order valence-electron chi connectivity index (χ2n) is 4.55. The van der Waals surface area contributed by atoms with Crippen LogP contribution >= 0.6 is 15.9 Å². The van der Waals surface area contributed by atoms with Gasteiger partial charge in [-0.05, 0) is 35.0 Å². The zero-order chi connectivity index (χ0) is 12.3. The monoisotopic (exact) mass is 302 g/mol. The third kappa shape index (κ3) is 3.55. The smallest absolute Gasteiger partial charge is 0.169 e. The van der Waals surface area contributed by atoms with Crippen LogP contribution in [0.4, 0.5) is 0 Å². The van der Waals surface area contributed by atoms with Crippen molar-refractivity contribution in [2.24, 2.45) is 0 Å². The fourth-order valence-electron chi connectivity index (χ4n) is 2.33. The maximum atomic E-state index is 8.96. The van der Waals surface area contributed by atoms with Gasteiger partial charge in [-0.3, -0.25) is 9.80 Å². The summed E-state index contributed by atoms with van der Waals surface area (Å²) in [5, 5.41) is 8.96. The fraction of sp³-hybridized carbons (Fsp3) is 0.667. The number of furan rings is 1. The van der Waals surface area contributed by atoms with E-state index in [4.69, 9.17) is 9.52 Å². The molecule has 1 N–H and O–H groups in total. The van der Waals surface area contributed by atoms with Gasteiger partial charge in [0.2, 0.25) is 0 Å². The lowest BCUT2D eigenvalue weighted by Crippen LogP contribution is -2.52. The normalized spacial score (nSPS) is 23.1. The minimum atomic E-state index is 0.246. The molecule has 96 valence electrons. The number of halogens is 1. The summed E-state index contributed by atoms with van der Waals surface area (Å²) >= 11 is 3.32. The van der Waals surface area contributed by atoms with E-state index < -0.39 is 0 Å². The van der Waals surface area contributed by atoms with Crippen LogP contribution < -0.4 is 0 Å². The van der Waals surface area contributed by atoms with Crippen molar-refractivity contribution in [1.82, 2.24) is 9.80 Å². The third-order valence-electron chi connectivity index (χ3n) is 3.24. The predicted molar refractivity (Wildman–Crippen MR) is 69.8 cm³/mol. The summed E-state index contributed by atoms with van der Waals surface area (Å²) in [5.74, 6) is 1.000. The van der Waals surface area contributed by atoms with Crippen molar-refractivity contribution in [3.8, 4) is 0 Å². The molecule has 1 atom stereocenters. The molecule has 0 aromatic carbocycles. The lowest BCUT2D eigenvalue weighted by atomic mass is 10.2. The highest BCUT2D eigenvalue weighted by Gasteiger charge is 2.23. The van der Waals surface area contributed by atoms with E-state index in [1.54, 1.807) is 0 Å². The molecule has 5 heteroatoms. The van der Waals surface area contributed by atoms with Gasteiger partial charge in [0, 0.05) is 32.2 Å². The number of nitrogens with zero attached hydrogens (tertiary/aromatic N) is 2. The van der Waals surface area contributed by atoms with Gasteiger partial charge in [-0.1, -0.05) is 0 Å². The van der Waals surface area contributed by atoms with Gasteiger partial charge in [0.25, 0.3) is 0 Å². The molecule has 0 saturated carbocycles. The fourth-order valence-corrected chi connectivity index (χ4v) is 2.67. The van der Waals surface area contributed by atoms with E-state index in [-0.39, 0.29) is 6.61 Å². The standard InChI is InChI=1S/C12H19BrN2O2/c1-10-8-14(4-5-15(10)6-7-16)9-11-2-3-12(13)17-11/h2-3,10,16H,4-9H2,1H3/t10-/m0/s1. The number of β-amino-alcohol motifs (C(OH)–C–C–N with tert-alkyl or cyclic N) is 1. The lowest BCUT2D eigenvalue weighted by molar-refractivity contribution is 0.0612. The Morgan fingerprint density at radius 2 is 2.29 bits per heavy atom. The molecule has 1 aromatic heterocycles. The molecule has 4 nitrogen and oxygen atoms in total. The van der Waals surface area contributed by atoms with Gasteiger partial charge in [0.05, 0.1) is 13.2 Å². The first-order valence-electron chi connectivity index (χ1n) is 6.00. The Labute approximate surface area is 110 Å². The van der Waals surface area contributed by atoms with Crippen molar-refractivity contribution in [3.63, 3.8) is 0 Å². The summed E-state index contributed by atoms with van der Waals surface area (Å²) in [7, 11) is 0. The third-order valence-corrected chi connectivity index (χ3v) is 3.67. The van der Waals surface area contributed by atoms with E-state index in [1.807, 2.05) is 12.1 Å². The molecule has 1 fully saturated rings. The minimum Gasteiger partial charge on any atom is -0.453 e. The Hall–Kier alpha value is -0.360. The van der Waals surface area contributed by atoms with Crippen LogP contribution in [0.25, 0.3) is 0 Å².